The van der Waals surface area contributed by atoms with Crippen molar-refractivity contribution in [2.24, 2.45) is 0 Å². The van der Waals surface area contributed by atoms with Gasteiger partial charge in [0, 0.05) is 43.8 Å². The van der Waals surface area contributed by atoms with Crippen LogP contribution in [0.15, 0.2) is 73.1 Å². The Morgan fingerprint density at radius 3 is 2.63 bits per heavy atom. The van der Waals surface area contributed by atoms with Gasteiger partial charge in [0.05, 0.1) is 28.7 Å². The van der Waals surface area contributed by atoms with Gasteiger partial charge in [-0.25, -0.2) is 9.18 Å². The molecule has 1 aliphatic rings. The third-order valence-electron chi connectivity index (χ3n) is 7.16. The number of piperidine rings is 1. The summed E-state index contributed by atoms with van der Waals surface area (Å²) in [5, 5.41) is 17.8. The highest BCUT2D eigenvalue weighted by Gasteiger charge is 2.17. The van der Waals surface area contributed by atoms with Gasteiger partial charge in [-0.1, -0.05) is 6.07 Å². The van der Waals surface area contributed by atoms with Crippen LogP contribution in [-0.4, -0.2) is 64.2 Å². The molecule has 43 heavy (non-hydrogen) atoms. The van der Waals surface area contributed by atoms with Gasteiger partial charge in [0.2, 0.25) is 0 Å². The van der Waals surface area contributed by atoms with Gasteiger partial charge in [0.1, 0.15) is 17.3 Å². The van der Waals surface area contributed by atoms with Crippen LogP contribution in [0.3, 0.4) is 0 Å². The van der Waals surface area contributed by atoms with E-state index in [0.717, 1.165) is 44.5 Å². The standard InChI is InChI=1S/C32H35FN6O4/c1-21-3-8-27(33)28(17-21)38-32(42)37-23-4-6-25(7-5-23)43-26-9-13-34-30(19-26)29-18-22(20-36-29)31(41)35-12-2-14-39-15-10-24(40)11-16-39/h3-9,13,17-20,24,36,40H,2,10-12,14-16H2,1H3,(H,35,41)(H2,37,38,42). The molecule has 3 heterocycles. The zero-order chi connectivity index (χ0) is 30.2. The van der Waals surface area contributed by atoms with E-state index in [4.69, 9.17) is 4.74 Å². The number of likely N-dealkylation sites (tertiary alicyclic amines) is 1. The summed E-state index contributed by atoms with van der Waals surface area (Å²) in [5.41, 5.74) is 3.25. The Kier molecular flexibility index (Phi) is 9.65. The Morgan fingerprint density at radius 2 is 1.84 bits per heavy atom. The van der Waals surface area contributed by atoms with Crippen molar-refractivity contribution < 1.29 is 23.8 Å². The van der Waals surface area contributed by atoms with Crippen LogP contribution < -0.4 is 20.7 Å². The largest absolute Gasteiger partial charge is 0.457 e. The van der Waals surface area contributed by atoms with Crippen LogP contribution in [0.1, 0.15) is 35.2 Å². The van der Waals surface area contributed by atoms with Gasteiger partial charge in [0.25, 0.3) is 5.91 Å². The van der Waals surface area contributed by atoms with E-state index in [2.05, 4.69) is 30.8 Å². The molecule has 10 nitrogen and oxygen atoms in total. The number of aromatic nitrogens is 2. The second-order valence-corrected chi connectivity index (χ2v) is 10.5. The molecule has 5 rings (SSSR count). The number of nitrogens with zero attached hydrogens (tertiary/aromatic N) is 2. The fraction of sp³-hybridized carbons (Fsp3) is 0.281. The molecule has 0 spiro atoms. The molecule has 2 aromatic carbocycles. The molecule has 3 amide bonds. The summed E-state index contributed by atoms with van der Waals surface area (Å²) in [6.07, 6.45) is 5.55. The van der Waals surface area contributed by atoms with Crippen LogP contribution in [0.5, 0.6) is 11.5 Å². The Balaban J connectivity index is 1.11. The lowest BCUT2D eigenvalue weighted by Crippen LogP contribution is -2.37. The number of halogens is 1. The zero-order valence-electron chi connectivity index (χ0n) is 23.9. The smallest absolute Gasteiger partial charge is 0.323 e. The summed E-state index contributed by atoms with van der Waals surface area (Å²) in [6, 6.07) is 15.9. The third kappa shape index (κ3) is 8.40. The molecule has 224 valence electrons. The van der Waals surface area contributed by atoms with Crippen LogP contribution in [0.4, 0.5) is 20.6 Å². The van der Waals surface area contributed by atoms with Gasteiger partial charge in [-0.05, 0) is 86.8 Å². The van der Waals surface area contributed by atoms with Crippen LogP contribution in [0.25, 0.3) is 11.4 Å². The monoisotopic (exact) mass is 586 g/mol. The molecule has 0 unspecified atom stereocenters. The van der Waals surface area contributed by atoms with E-state index >= 15 is 0 Å². The second kappa shape index (κ2) is 14.0. The highest BCUT2D eigenvalue weighted by Crippen LogP contribution is 2.27. The maximum absolute atomic E-state index is 13.9. The second-order valence-electron chi connectivity index (χ2n) is 10.5. The predicted molar refractivity (Wildman–Crippen MR) is 163 cm³/mol. The van der Waals surface area contributed by atoms with Crippen LogP contribution >= 0.6 is 0 Å². The lowest BCUT2D eigenvalue weighted by molar-refractivity contribution is 0.0816. The van der Waals surface area contributed by atoms with E-state index in [9.17, 15) is 19.1 Å². The lowest BCUT2D eigenvalue weighted by Gasteiger charge is -2.29. The quantitative estimate of drug-likeness (QED) is 0.155. The molecular weight excluding hydrogens is 551 g/mol. The number of aromatic amines is 1. The van der Waals surface area contributed by atoms with Gasteiger partial charge in [0.15, 0.2) is 0 Å². The minimum atomic E-state index is -0.560. The van der Waals surface area contributed by atoms with E-state index in [1.54, 1.807) is 67.0 Å². The number of ether oxygens (including phenoxy) is 1. The number of pyridine rings is 1. The highest BCUT2D eigenvalue weighted by molar-refractivity contribution is 6.00. The summed E-state index contributed by atoms with van der Waals surface area (Å²) in [4.78, 5) is 34.8. The number of aliphatic hydroxyl groups excluding tert-OH is 1. The Labute approximate surface area is 249 Å². The van der Waals surface area contributed by atoms with Crippen molar-refractivity contribution in [3.63, 3.8) is 0 Å². The van der Waals surface area contributed by atoms with Crippen molar-refractivity contribution in [2.75, 3.05) is 36.8 Å². The van der Waals surface area contributed by atoms with E-state index in [0.29, 0.717) is 40.7 Å². The number of benzene rings is 2. The fourth-order valence-electron chi connectivity index (χ4n) is 4.81. The zero-order valence-corrected chi connectivity index (χ0v) is 23.9. The molecule has 0 radical (unpaired) electrons. The van der Waals surface area contributed by atoms with Crippen molar-refractivity contribution in [2.45, 2.75) is 32.3 Å². The average Bonchev–Trinajstić information content (AvgIpc) is 3.50. The summed E-state index contributed by atoms with van der Waals surface area (Å²) in [5.74, 6) is 0.418. The first kappa shape index (κ1) is 29.7. The number of hydrogen-bond donors (Lipinski definition) is 5. The Morgan fingerprint density at radius 1 is 1.05 bits per heavy atom. The number of H-pyrrole nitrogens is 1. The van der Waals surface area contributed by atoms with Gasteiger partial charge in [-0.2, -0.15) is 0 Å². The van der Waals surface area contributed by atoms with Gasteiger partial charge < -0.3 is 35.7 Å². The first-order valence-electron chi connectivity index (χ1n) is 14.3. The first-order chi connectivity index (χ1) is 20.8. The van der Waals surface area contributed by atoms with Crippen LogP contribution in [0, 0.1) is 12.7 Å². The molecule has 0 atom stereocenters. The van der Waals surface area contributed by atoms with Crippen molar-refractivity contribution in [3.05, 3.63) is 90.0 Å². The number of anilines is 2. The van der Waals surface area contributed by atoms with Gasteiger partial charge >= 0.3 is 6.03 Å². The van der Waals surface area contributed by atoms with E-state index in [1.165, 1.54) is 6.07 Å². The fourth-order valence-corrected chi connectivity index (χ4v) is 4.81. The molecule has 5 N–H and O–H groups in total. The molecule has 0 aliphatic carbocycles. The number of rotatable bonds is 10. The Hall–Kier alpha value is -4.74. The topological polar surface area (TPSA) is 132 Å². The number of aliphatic hydroxyl groups is 1. The average molecular weight is 587 g/mol. The number of hydrogen-bond acceptors (Lipinski definition) is 6. The first-order valence-corrected chi connectivity index (χ1v) is 14.3. The minimum Gasteiger partial charge on any atom is -0.457 e. The molecule has 0 saturated carbocycles. The SMILES string of the molecule is Cc1ccc(F)c(NC(=O)Nc2ccc(Oc3ccnc(-c4cc(C(=O)NCCCN5CCC(O)CC5)c[nH]4)c3)cc2)c1. The van der Waals surface area contributed by atoms with Crippen LogP contribution in [0.2, 0.25) is 0 Å². The predicted octanol–water partition coefficient (Wildman–Crippen LogP) is 5.54. The molecule has 1 aliphatic heterocycles. The summed E-state index contributed by atoms with van der Waals surface area (Å²) in [7, 11) is 0. The lowest BCUT2D eigenvalue weighted by atomic mass is 10.1. The number of amides is 3. The maximum Gasteiger partial charge on any atom is 0.323 e. The third-order valence-corrected chi connectivity index (χ3v) is 7.16. The van der Waals surface area contributed by atoms with E-state index < -0.39 is 11.8 Å². The molecule has 11 heteroatoms. The maximum atomic E-state index is 13.9. The number of urea groups is 1. The summed E-state index contributed by atoms with van der Waals surface area (Å²) < 4.78 is 19.9. The van der Waals surface area contributed by atoms with Crippen molar-refractivity contribution in [1.82, 2.24) is 20.2 Å². The molecule has 4 aromatic rings. The molecular formula is C32H35FN6O4. The van der Waals surface area contributed by atoms with Gasteiger partial charge in [-0.3, -0.25) is 9.78 Å². The van der Waals surface area contributed by atoms with Gasteiger partial charge in [-0.15, -0.1) is 0 Å². The summed E-state index contributed by atoms with van der Waals surface area (Å²) >= 11 is 0. The summed E-state index contributed by atoms with van der Waals surface area (Å²) in [6.45, 7) is 5.07. The number of carbonyl (C=O) groups is 2. The molecule has 2 aromatic heterocycles. The van der Waals surface area contributed by atoms with Crippen LogP contribution in [-0.2, 0) is 0 Å². The van der Waals surface area contributed by atoms with Crippen molar-refractivity contribution in [3.8, 4) is 22.9 Å². The van der Waals surface area contributed by atoms with Crippen molar-refractivity contribution in [1.29, 1.82) is 0 Å². The Bertz CT molecular complexity index is 1550. The minimum absolute atomic E-state index is 0.104. The number of carbonyl (C=O) groups excluding carboxylic acids is 2. The number of nitrogens with one attached hydrogen (secondary N) is 4. The normalized spacial score (nSPS) is 13.8. The molecule has 1 saturated heterocycles. The van der Waals surface area contributed by atoms with E-state index in [-0.39, 0.29) is 17.7 Å². The van der Waals surface area contributed by atoms with E-state index in [1.807, 2.05) is 6.92 Å². The molecule has 0 bridgehead atoms. The molecule has 1 fully saturated rings. The van der Waals surface area contributed by atoms with Crippen molar-refractivity contribution >= 4 is 23.3 Å². The highest BCUT2D eigenvalue weighted by atomic mass is 19.1. The number of aryl methyl sites for hydroxylation is 1.